The largest absolute Gasteiger partial charge is 0.390 e. The lowest BCUT2D eigenvalue weighted by Gasteiger charge is -2.20. The summed E-state index contributed by atoms with van der Waals surface area (Å²) >= 11 is 0. The second kappa shape index (κ2) is 3.76. The molecule has 0 amide bonds. The lowest BCUT2D eigenvalue weighted by atomic mass is 10.1. The van der Waals surface area contributed by atoms with Crippen molar-refractivity contribution in [3.63, 3.8) is 0 Å². The molecule has 0 aliphatic carbocycles. The number of alkyl halides is 2. The summed E-state index contributed by atoms with van der Waals surface area (Å²) in [5, 5.41) is 8.37. The van der Waals surface area contributed by atoms with Crippen LogP contribution in [0.3, 0.4) is 0 Å². The number of aliphatic hydroxyl groups is 1. The molecule has 1 aromatic heterocycles. The summed E-state index contributed by atoms with van der Waals surface area (Å²) in [5.41, 5.74) is 5.28. The van der Waals surface area contributed by atoms with E-state index in [1.54, 1.807) is 12.1 Å². The van der Waals surface area contributed by atoms with Gasteiger partial charge in [-0.25, -0.2) is 8.78 Å². The summed E-state index contributed by atoms with van der Waals surface area (Å²) in [6.07, 6.45) is 1.38. The Labute approximate surface area is 74.2 Å². The third kappa shape index (κ3) is 2.19. The van der Waals surface area contributed by atoms with Crippen LogP contribution < -0.4 is 5.73 Å². The van der Waals surface area contributed by atoms with Gasteiger partial charge in [-0.05, 0) is 12.1 Å². The molecular weight excluding hydrogens is 178 g/mol. The van der Waals surface area contributed by atoms with Crippen LogP contribution in [0.5, 0.6) is 0 Å². The van der Waals surface area contributed by atoms with E-state index in [0.29, 0.717) is 0 Å². The second-order valence-electron chi connectivity index (χ2n) is 2.65. The summed E-state index contributed by atoms with van der Waals surface area (Å²) in [5.74, 6) is -3.33. The van der Waals surface area contributed by atoms with Crippen LogP contribution in [-0.4, -0.2) is 22.6 Å². The molecule has 0 saturated carbocycles. The standard InChI is InChI=1S/C8H10F2N2O/c9-8(10,5-13)7(11)6-3-1-2-4-12-6/h1-4,7,13H,5,11H2/t7-/m1/s1. The predicted molar refractivity (Wildman–Crippen MR) is 43.2 cm³/mol. The number of rotatable bonds is 3. The van der Waals surface area contributed by atoms with Crippen LogP contribution in [0.1, 0.15) is 11.7 Å². The fourth-order valence-electron chi connectivity index (χ4n) is 0.875. The number of hydrogen-bond acceptors (Lipinski definition) is 3. The maximum atomic E-state index is 12.8. The minimum absolute atomic E-state index is 0.0709. The minimum Gasteiger partial charge on any atom is -0.390 e. The zero-order valence-corrected chi connectivity index (χ0v) is 6.82. The molecule has 0 aromatic carbocycles. The van der Waals surface area contributed by atoms with Gasteiger partial charge in [0.1, 0.15) is 12.6 Å². The van der Waals surface area contributed by atoms with Crippen molar-refractivity contribution in [3.05, 3.63) is 30.1 Å². The van der Waals surface area contributed by atoms with Gasteiger partial charge in [0.25, 0.3) is 5.92 Å². The molecule has 0 spiro atoms. The maximum Gasteiger partial charge on any atom is 0.291 e. The number of nitrogens with zero attached hydrogens (tertiary/aromatic N) is 1. The van der Waals surface area contributed by atoms with Crippen molar-refractivity contribution in [2.45, 2.75) is 12.0 Å². The molecule has 0 fully saturated rings. The summed E-state index contributed by atoms with van der Waals surface area (Å²) in [4.78, 5) is 3.68. The van der Waals surface area contributed by atoms with Crippen LogP contribution in [0.15, 0.2) is 24.4 Å². The number of aromatic nitrogens is 1. The van der Waals surface area contributed by atoms with Crippen molar-refractivity contribution in [2.75, 3.05) is 6.61 Å². The van der Waals surface area contributed by atoms with Crippen LogP contribution in [-0.2, 0) is 0 Å². The van der Waals surface area contributed by atoms with Crippen LogP contribution >= 0.6 is 0 Å². The van der Waals surface area contributed by atoms with Gasteiger partial charge in [0.15, 0.2) is 0 Å². The summed E-state index contributed by atoms with van der Waals surface area (Å²) < 4.78 is 25.6. The first kappa shape index (κ1) is 10.0. The normalized spacial score (nSPS) is 14.2. The average molecular weight is 188 g/mol. The van der Waals surface area contributed by atoms with E-state index in [-0.39, 0.29) is 5.69 Å². The van der Waals surface area contributed by atoms with E-state index in [4.69, 9.17) is 10.8 Å². The Morgan fingerprint density at radius 2 is 2.23 bits per heavy atom. The maximum absolute atomic E-state index is 12.8. The predicted octanol–water partition coefficient (Wildman–Crippen LogP) is 0.709. The molecule has 1 rings (SSSR count). The van der Waals surface area contributed by atoms with Gasteiger partial charge in [0, 0.05) is 6.20 Å². The average Bonchev–Trinajstić information content (AvgIpc) is 2.18. The molecular formula is C8H10F2N2O. The topological polar surface area (TPSA) is 59.1 Å². The molecule has 0 radical (unpaired) electrons. The summed E-state index contributed by atoms with van der Waals surface area (Å²) in [7, 11) is 0. The highest BCUT2D eigenvalue weighted by molar-refractivity contribution is 5.11. The first-order valence-corrected chi connectivity index (χ1v) is 3.73. The summed E-state index contributed by atoms with van der Waals surface area (Å²) in [6.45, 7) is -1.27. The number of aliphatic hydroxyl groups excluding tert-OH is 1. The molecule has 3 nitrogen and oxygen atoms in total. The molecule has 3 N–H and O–H groups in total. The van der Waals surface area contributed by atoms with Gasteiger partial charge in [0.05, 0.1) is 5.69 Å². The molecule has 13 heavy (non-hydrogen) atoms. The molecule has 1 aromatic rings. The fraction of sp³-hybridized carbons (Fsp3) is 0.375. The van der Waals surface area contributed by atoms with E-state index >= 15 is 0 Å². The quantitative estimate of drug-likeness (QED) is 0.734. The van der Waals surface area contributed by atoms with E-state index in [2.05, 4.69) is 4.98 Å². The summed E-state index contributed by atoms with van der Waals surface area (Å²) in [6, 6.07) is 3.01. The molecule has 1 atom stereocenters. The number of hydrogen-bond donors (Lipinski definition) is 2. The lowest BCUT2D eigenvalue weighted by Crippen LogP contribution is -2.36. The minimum atomic E-state index is -3.33. The highest BCUT2D eigenvalue weighted by Gasteiger charge is 2.37. The molecule has 72 valence electrons. The van der Waals surface area contributed by atoms with Gasteiger partial charge < -0.3 is 10.8 Å². The third-order valence-corrected chi connectivity index (χ3v) is 1.67. The van der Waals surface area contributed by atoms with Gasteiger partial charge in [-0.3, -0.25) is 4.98 Å². The van der Waals surface area contributed by atoms with E-state index in [0.717, 1.165) is 0 Å². The number of halogens is 2. The van der Waals surface area contributed by atoms with E-state index in [9.17, 15) is 8.78 Å². The molecule has 0 aliphatic rings. The fourth-order valence-corrected chi connectivity index (χ4v) is 0.875. The van der Waals surface area contributed by atoms with Crippen LogP contribution in [0, 0.1) is 0 Å². The smallest absolute Gasteiger partial charge is 0.291 e. The SMILES string of the molecule is N[C@H](c1ccccn1)C(F)(F)CO. The molecule has 1 heterocycles. The van der Waals surface area contributed by atoms with Crippen molar-refractivity contribution in [1.82, 2.24) is 4.98 Å². The number of nitrogens with two attached hydrogens (primary N) is 1. The van der Waals surface area contributed by atoms with Crippen LogP contribution in [0.4, 0.5) is 8.78 Å². The Bertz CT molecular complexity index is 266. The Hall–Kier alpha value is -1.07. The van der Waals surface area contributed by atoms with Gasteiger partial charge in [-0.15, -0.1) is 0 Å². The van der Waals surface area contributed by atoms with Crippen LogP contribution in [0.25, 0.3) is 0 Å². The first-order chi connectivity index (χ1) is 6.08. The molecule has 0 aliphatic heterocycles. The van der Waals surface area contributed by atoms with Crippen molar-refractivity contribution < 1.29 is 13.9 Å². The van der Waals surface area contributed by atoms with E-state index in [1.807, 2.05) is 0 Å². The molecule has 0 saturated heterocycles. The molecule has 5 heteroatoms. The highest BCUT2D eigenvalue weighted by atomic mass is 19.3. The Morgan fingerprint density at radius 1 is 1.54 bits per heavy atom. The van der Waals surface area contributed by atoms with Crippen molar-refractivity contribution in [1.29, 1.82) is 0 Å². The first-order valence-electron chi connectivity index (χ1n) is 3.73. The van der Waals surface area contributed by atoms with Crippen molar-refractivity contribution in [3.8, 4) is 0 Å². The third-order valence-electron chi connectivity index (χ3n) is 1.67. The Balaban J connectivity index is 2.85. The van der Waals surface area contributed by atoms with Crippen molar-refractivity contribution in [2.24, 2.45) is 5.73 Å². The van der Waals surface area contributed by atoms with Gasteiger partial charge >= 0.3 is 0 Å². The van der Waals surface area contributed by atoms with Crippen molar-refractivity contribution >= 4 is 0 Å². The van der Waals surface area contributed by atoms with E-state index < -0.39 is 18.6 Å². The van der Waals surface area contributed by atoms with Crippen LogP contribution in [0.2, 0.25) is 0 Å². The Morgan fingerprint density at radius 3 is 2.69 bits per heavy atom. The number of pyridine rings is 1. The van der Waals surface area contributed by atoms with E-state index in [1.165, 1.54) is 12.3 Å². The zero-order valence-electron chi connectivity index (χ0n) is 6.82. The second-order valence-corrected chi connectivity index (χ2v) is 2.65. The van der Waals surface area contributed by atoms with Gasteiger partial charge in [-0.1, -0.05) is 6.07 Å². The molecule has 0 bridgehead atoms. The lowest BCUT2D eigenvalue weighted by molar-refractivity contribution is -0.0721. The Kier molecular flexibility index (Phi) is 2.90. The molecule has 0 unspecified atom stereocenters. The van der Waals surface area contributed by atoms with Gasteiger partial charge in [0.2, 0.25) is 0 Å². The zero-order chi connectivity index (χ0) is 9.90. The van der Waals surface area contributed by atoms with Gasteiger partial charge in [-0.2, -0.15) is 0 Å². The highest BCUT2D eigenvalue weighted by Crippen LogP contribution is 2.26. The monoisotopic (exact) mass is 188 g/mol.